The van der Waals surface area contributed by atoms with Crippen LogP contribution in [0.5, 0.6) is 0 Å². The minimum Gasteiger partial charge on any atom is -0.382 e. The Balaban J connectivity index is 1.93. The van der Waals surface area contributed by atoms with E-state index in [1.54, 1.807) is 0 Å². The molecule has 1 N–H and O–H groups in total. The Labute approximate surface area is 116 Å². The van der Waals surface area contributed by atoms with Crippen molar-refractivity contribution in [3.63, 3.8) is 0 Å². The largest absolute Gasteiger partial charge is 0.382 e. The number of nitrogens with zero attached hydrogens (tertiary/aromatic N) is 3. The predicted molar refractivity (Wildman–Crippen MR) is 78.2 cm³/mol. The lowest BCUT2D eigenvalue weighted by molar-refractivity contribution is 0.632. The molecule has 0 aliphatic carbocycles. The Hall–Kier alpha value is -1.80. The van der Waals surface area contributed by atoms with Crippen LogP contribution in [-0.4, -0.2) is 28.2 Å². The summed E-state index contributed by atoms with van der Waals surface area (Å²) in [6, 6.07) is 9.91. The van der Waals surface area contributed by atoms with Crippen LogP contribution in [0.3, 0.4) is 0 Å². The first-order valence-corrected chi connectivity index (χ1v) is 7.51. The molecule has 1 unspecified atom stereocenters. The van der Waals surface area contributed by atoms with Crippen LogP contribution in [0.4, 0.5) is 5.69 Å². The topological polar surface area (TPSA) is 61.6 Å². The zero-order chi connectivity index (χ0) is 13.1. The van der Waals surface area contributed by atoms with Crippen molar-refractivity contribution >= 4 is 28.4 Å². The van der Waals surface area contributed by atoms with Crippen molar-refractivity contribution in [1.82, 2.24) is 10.2 Å². The molecule has 0 bridgehead atoms. The predicted octanol–water partition coefficient (Wildman–Crippen LogP) is 2.67. The number of rotatable bonds is 3. The van der Waals surface area contributed by atoms with Gasteiger partial charge in [-0.2, -0.15) is 17.0 Å². The van der Waals surface area contributed by atoms with E-state index in [9.17, 15) is 5.26 Å². The minimum absolute atomic E-state index is 0.379. The van der Waals surface area contributed by atoms with Crippen LogP contribution in [0.15, 0.2) is 24.3 Å². The third-order valence-electron chi connectivity index (χ3n) is 3.37. The maximum absolute atomic E-state index is 9.17. The van der Waals surface area contributed by atoms with Crippen molar-refractivity contribution in [1.29, 1.82) is 5.26 Å². The molecule has 0 amide bonds. The van der Waals surface area contributed by atoms with Crippen molar-refractivity contribution in [3.05, 3.63) is 30.0 Å². The van der Waals surface area contributed by atoms with Crippen LogP contribution in [0.2, 0.25) is 0 Å². The van der Waals surface area contributed by atoms with Crippen LogP contribution in [0.1, 0.15) is 12.1 Å². The number of thioether (sulfide) groups is 1. The van der Waals surface area contributed by atoms with Crippen molar-refractivity contribution in [2.45, 2.75) is 6.42 Å². The summed E-state index contributed by atoms with van der Waals surface area (Å²) in [5, 5.41) is 21.6. The molecule has 1 aromatic heterocycles. The van der Waals surface area contributed by atoms with Gasteiger partial charge in [0.2, 0.25) is 0 Å². The molecule has 96 valence electrons. The summed E-state index contributed by atoms with van der Waals surface area (Å²) in [7, 11) is 0. The van der Waals surface area contributed by atoms with Gasteiger partial charge in [0.25, 0.3) is 0 Å². The quantitative estimate of drug-likeness (QED) is 0.929. The summed E-state index contributed by atoms with van der Waals surface area (Å²) >= 11 is 2.00. The molecule has 5 heteroatoms. The van der Waals surface area contributed by atoms with E-state index in [2.05, 4.69) is 21.6 Å². The average molecular weight is 270 g/mol. The molecule has 1 atom stereocenters. The third kappa shape index (κ3) is 2.49. The number of nitriles is 1. The van der Waals surface area contributed by atoms with E-state index in [1.165, 1.54) is 17.9 Å². The van der Waals surface area contributed by atoms with E-state index in [4.69, 9.17) is 0 Å². The van der Waals surface area contributed by atoms with Gasteiger partial charge in [-0.25, -0.2) is 0 Å². The van der Waals surface area contributed by atoms with E-state index < -0.39 is 0 Å². The van der Waals surface area contributed by atoms with Crippen LogP contribution >= 0.6 is 11.8 Å². The SMILES string of the molecule is N#Cc1nnc2ccccc2c1NCC1CCSC1. The summed E-state index contributed by atoms with van der Waals surface area (Å²) in [5.41, 5.74) is 2.03. The maximum atomic E-state index is 9.17. The number of hydrogen-bond donors (Lipinski definition) is 1. The highest BCUT2D eigenvalue weighted by molar-refractivity contribution is 7.99. The van der Waals surface area contributed by atoms with Gasteiger partial charge in [0.05, 0.1) is 11.2 Å². The van der Waals surface area contributed by atoms with Gasteiger partial charge in [0.15, 0.2) is 5.69 Å². The Morgan fingerprint density at radius 2 is 2.26 bits per heavy atom. The van der Waals surface area contributed by atoms with Crippen molar-refractivity contribution in [3.8, 4) is 6.07 Å². The molecular weight excluding hydrogens is 256 g/mol. The second-order valence-corrected chi connectivity index (χ2v) is 5.81. The monoisotopic (exact) mass is 270 g/mol. The summed E-state index contributed by atoms with van der Waals surface area (Å²) < 4.78 is 0. The normalized spacial score (nSPS) is 18.4. The number of anilines is 1. The highest BCUT2D eigenvalue weighted by Crippen LogP contribution is 2.27. The van der Waals surface area contributed by atoms with Crippen molar-refractivity contribution in [2.75, 3.05) is 23.4 Å². The van der Waals surface area contributed by atoms with Crippen LogP contribution in [0.25, 0.3) is 10.9 Å². The smallest absolute Gasteiger partial charge is 0.186 e. The lowest BCUT2D eigenvalue weighted by Gasteiger charge is -2.13. The second-order valence-electron chi connectivity index (χ2n) is 4.66. The molecule has 0 saturated carbocycles. The molecule has 1 saturated heterocycles. The van der Waals surface area contributed by atoms with E-state index in [1.807, 2.05) is 36.0 Å². The molecule has 0 radical (unpaired) electrons. The summed E-state index contributed by atoms with van der Waals surface area (Å²) in [6.45, 7) is 0.900. The minimum atomic E-state index is 0.379. The summed E-state index contributed by atoms with van der Waals surface area (Å²) in [6.07, 6.45) is 1.25. The molecule has 1 aliphatic rings. The standard InChI is InChI=1S/C14H14N4S/c15-7-13-14(16-8-10-5-6-19-9-10)11-3-1-2-4-12(11)17-18-13/h1-4,10H,5-6,8-9H2,(H,16,17). The Morgan fingerprint density at radius 3 is 3.05 bits per heavy atom. The fourth-order valence-corrected chi connectivity index (χ4v) is 3.59. The molecule has 1 aliphatic heterocycles. The molecule has 3 rings (SSSR count). The molecule has 0 spiro atoms. The van der Waals surface area contributed by atoms with Gasteiger partial charge < -0.3 is 5.32 Å². The van der Waals surface area contributed by atoms with Crippen LogP contribution in [0, 0.1) is 17.2 Å². The van der Waals surface area contributed by atoms with Gasteiger partial charge in [-0.3, -0.25) is 0 Å². The number of aromatic nitrogens is 2. The van der Waals surface area contributed by atoms with E-state index in [0.717, 1.165) is 23.1 Å². The number of hydrogen-bond acceptors (Lipinski definition) is 5. The number of fused-ring (bicyclic) bond motifs is 1. The van der Waals surface area contributed by atoms with E-state index >= 15 is 0 Å². The molecule has 4 nitrogen and oxygen atoms in total. The molecule has 2 aromatic rings. The highest BCUT2D eigenvalue weighted by Gasteiger charge is 2.17. The Morgan fingerprint density at radius 1 is 1.37 bits per heavy atom. The van der Waals surface area contributed by atoms with Gasteiger partial charge in [0, 0.05) is 11.9 Å². The van der Waals surface area contributed by atoms with Crippen molar-refractivity contribution in [2.24, 2.45) is 5.92 Å². The van der Waals surface area contributed by atoms with Gasteiger partial charge in [-0.05, 0) is 29.9 Å². The van der Waals surface area contributed by atoms with Crippen molar-refractivity contribution < 1.29 is 0 Å². The molecular formula is C14H14N4S. The average Bonchev–Trinajstić information content (AvgIpc) is 2.97. The fraction of sp³-hybridized carbons (Fsp3) is 0.357. The van der Waals surface area contributed by atoms with Gasteiger partial charge >= 0.3 is 0 Å². The van der Waals surface area contributed by atoms with E-state index in [0.29, 0.717) is 11.6 Å². The number of nitrogens with one attached hydrogen (secondary N) is 1. The highest BCUT2D eigenvalue weighted by atomic mass is 32.2. The fourth-order valence-electron chi connectivity index (χ4n) is 2.30. The van der Waals surface area contributed by atoms with E-state index in [-0.39, 0.29) is 0 Å². The number of benzene rings is 1. The lowest BCUT2D eigenvalue weighted by atomic mass is 10.1. The van der Waals surface area contributed by atoms with Gasteiger partial charge in [0.1, 0.15) is 6.07 Å². The molecule has 1 aromatic carbocycles. The first-order chi connectivity index (χ1) is 9.38. The molecule has 2 heterocycles. The Bertz CT molecular complexity index is 629. The van der Waals surface area contributed by atoms with Crippen LogP contribution in [-0.2, 0) is 0 Å². The second kappa shape index (κ2) is 5.45. The third-order valence-corrected chi connectivity index (χ3v) is 4.60. The Kier molecular flexibility index (Phi) is 3.51. The maximum Gasteiger partial charge on any atom is 0.186 e. The van der Waals surface area contributed by atoms with Gasteiger partial charge in [-0.15, -0.1) is 10.2 Å². The summed E-state index contributed by atoms with van der Waals surface area (Å²) in [4.78, 5) is 0. The first-order valence-electron chi connectivity index (χ1n) is 6.35. The van der Waals surface area contributed by atoms with Crippen LogP contribution < -0.4 is 5.32 Å². The lowest BCUT2D eigenvalue weighted by Crippen LogP contribution is -2.15. The molecule has 19 heavy (non-hydrogen) atoms. The summed E-state index contributed by atoms with van der Waals surface area (Å²) in [5.74, 6) is 3.13. The zero-order valence-electron chi connectivity index (χ0n) is 10.5. The van der Waals surface area contributed by atoms with Gasteiger partial charge in [-0.1, -0.05) is 18.2 Å². The molecule has 1 fully saturated rings. The first kappa shape index (κ1) is 12.2. The zero-order valence-corrected chi connectivity index (χ0v) is 11.3.